The lowest BCUT2D eigenvalue weighted by molar-refractivity contribution is -0.275. The Morgan fingerprint density at radius 1 is 1.42 bits per heavy atom. The molecule has 0 aliphatic rings. The molecule has 9 heteroatoms. The van der Waals surface area contributed by atoms with Gasteiger partial charge in [0.1, 0.15) is 11.4 Å². The first kappa shape index (κ1) is 15.6. The SMILES string of the molecule is N#CCc1c(OC(F)(F)F)cc(CBr)nc1C(F)F. The van der Waals surface area contributed by atoms with Crippen LogP contribution < -0.4 is 4.74 Å². The van der Waals surface area contributed by atoms with Gasteiger partial charge in [-0.1, -0.05) is 15.9 Å². The van der Waals surface area contributed by atoms with Crippen molar-refractivity contribution in [3.05, 3.63) is 23.0 Å². The van der Waals surface area contributed by atoms with Crippen LogP contribution in [0, 0.1) is 11.3 Å². The second-order valence-corrected chi connectivity index (χ2v) is 3.85. The van der Waals surface area contributed by atoms with Crippen molar-refractivity contribution >= 4 is 15.9 Å². The Labute approximate surface area is 113 Å². The summed E-state index contributed by atoms with van der Waals surface area (Å²) >= 11 is 2.91. The number of nitrogens with zero attached hydrogens (tertiary/aromatic N) is 2. The van der Waals surface area contributed by atoms with Crippen LogP contribution in [0.1, 0.15) is 23.4 Å². The molecule has 19 heavy (non-hydrogen) atoms. The lowest BCUT2D eigenvalue weighted by Crippen LogP contribution is -2.19. The zero-order chi connectivity index (χ0) is 14.6. The number of rotatable bonds is 4. The van der Waals surface area contributed by atoms with Gasteiger partial charge < -0.3 is 4.74 Å². The Morgan fingerprint density at radius 2 is 2.05 bits per heavy atom. The molecule has 104 valence electrons. The fourth-order valence-electron chi connectivity index (χ4n) is 1.34. The average molecular weight is 345 g/mol. The van der Waals surface area contributed by atoms with Crippen LogP contribution in [-0.2, 0) is 11.8 Å². The summed E-state index contributed by atoms with van der Waals surface area (Å²) < 4.78 is 65.8. The molecule has 0 radical (unpaired) electrons. The fourth-order valence-corrected chi connectivity index (χ4v) is 1.63. The second-order valence-electron chi connectivity index (χ2n) is 3.29. The quantitative estimate of drug-likeness (QED) is 0.615. The van der Waals surface area contributed by atoms with E-state index in [0.717, 1.165) is 6.07 Å². The van der Waals surface area contributed by atoms with Crippen molar-refractivity contribution in [3.8, 4) is 11.8 Å². The van der Waals surface area contributed by atoms with Crippen LogP contribution >= 0.6 is 15.9 Å². The minimum Gasteiger partial charge on any atom is -0.405 e. The van der Waals surface area contributed by atoms with Crippen LogP contribution in [0.25, 0.3) is 0 Å². The smallest absolute Gasteiger partial charge is 0.405 e. The molecule has 1 aromatic heterocycles. The van der Waals surface area contributed by atoms with Gasteiger partial charge in [-0.05, 0) is 0 Å². The van der Waals surface area contributed by atoms with Crippen LogP contribution in [0.15, 0.2) is 6.07 Å². The summed E-state index contributed by atoms with van der Waals surface area (Å²) in [5.74, 6) is -0.825. The van der Waals surface area contributed by atoms with E-state index in [0.29, 0.717) is 0 Å². The summed E-state index contributed by atoms with van der Waals surface area (Å²) in [7, 11) is 0. The minimum atomic E-state index is -5.03. The van der Waals surface area contributed by atoms with Crippen LogP contribution in [0.5, 0.6) is 5.75 Å². The summed E-state index contributed by atoms with van der Waals surface area (Å²) in [6, 6.07) is 2.39. The number of hydrogen-bond acceptors (Lipinski definition) is 3. The third-order valence-electron chi connectivity index (χ3n) is 1.99. The van der Waals surface area contributed by atoms with Crippen molar-refractivity contribution in [1.82, 2.24) is 4.98 Å². The Bertz CT molecular complexity index is 498. The van der Waals surface area contributed by atoms with Gasteiger partial charge >= 0.3 is 6.36 Å². The summed E-state index contributed by atoms with van der Waals surface area (Å²) in [5.41, 5.74) is -1.48. The van der Waals surface area contributed by atoms with E-state index in [1.165, 1.54) is 6.07 Å². The van der Waals surface area contributed by atoms with Gasteiger partial charge in [0.05, 0.1) is 18.2 Å². The predicted molar refractivity (Wildman–Crippen MR) is 57.8 cm³/mol. The van der Waals surface area contributed by atoms with E-state index in [4.69, 9.17) is 5.26 Å². The van der Waals surface area contributed by atoms with Gasteiger partial charge in [-0.2, -0.15) is 5.26 Å². The summed E-state index contributed by atoms with van der Waals surface area (Å²) in [4.78, 5) is 3.50. The third-order valence-corrected chi connectivity index (χ3v) is 2.57. The third kappa shape index (κ3) is 4.31. The molecule has 0 unspecified atom stereocenters. The second kappa shape index (κ2) is 6.14. The topological polar surface area (TPSA) is 45.9 Å². The van der Waals surface area contributed by atoms with Crippen molar-refractivity contribution in [2.45, 2.75) is 24.5 Å². The first-order valence-electron chi connectivity index (χ1n) is 4.78. The first-order valence-corrected chi connectivity index (χ1v) is 5.90. The van der Waals surface area contributed by atoms with E-state index in [2.05, 4.69) is 25.7 Å². The number of pyridine rings is 1. The van der Waals surface area contributed by atoms with Crippen molar-refractivity contribution in [2.75, 3.05) is 0 Å². The molecular formula is C10H6BrF5N2O. The fraction of sp³-hybridized carbons (Fsp3) is 0.400. The molecule has 0 saturated carbocycles. The molecular weight excluding hydrogens is 339 g/mol. The molecule has 0 fully saturated rings. The van der Waals surface area contributed by atoms with E-state index in [1.54, 1.807) is 0 Å². The minimum absolute atomic E-state index is 0.0201. The van der Waals surface area contributed by atoms with E-state index < -0.39 is 36.2 Å². The summed E-state index contributed by atoms with van der Waals surface area (Å²) in [6.07, 6.45) is -8.78. The first-order chi connectivity index (χ1) is 8.78. The van der Waals surface area contributed by atoms with Crippen molar-refractivity contribution in [1.29, 1.82) is 5.26 Å². The molecule has 1 heterocycles. The molecule has 0 saturated heterocycles. The van der Waals surface area contributed by atoms with Gasteiger partial charge in [-0.3, -0.25) is 4.98 Å². The number of hydrogen-bond donors (Lipinski definition) is 0. The number of ether oxygens (including phenoxy) is 1. The average Bonchev–Trinajstić information content (AvgIpc) is 2.29. The predicted octanol–water partition coefficient (Wildman–Crippen LogP) is 3.88. The van der Waals surface area contributed by atoms with Crippen molar-refractivity contribution in [2.24, 2.45) is 0 Å². The normalized spacial score (nSPS) is 11.5. The molecule has 0 atom stereocenters. The molecule has 0 aliphatic heterocycles. The van der Waals surface area contributed by atoms with Gasteiger partial charge in [-0.25, -0.2) is 8.78 Å². The molecule has 0 aliphatic carbocycles. The van der Waals surface area contributed by atoms with Crippen LogP contribution in [-0.4, -0.2) is 11.3 Å². The van der Waals surface area contributed by atoms with Crippen LogP contribution in [0.4, 0.5) is 22.0 Å². The number of nitriles is 1. The van der Waals surface area contributed by atoms with E-state index in [1.807, 2.05) is 0 Å². The Morgan fingerprint density at radius 3 is 2.47 bits per heavy atom. The summed E-state index contributed by atoms with van der Waals surface area (Å²) in [6.45, 7) is 0. The van der Waals surface area contributed by atoms with Crippen molar-refractivity contribution in [3.63, 3.8) is 0 Å². The number of aromatic nitrogens is 1. The highest BCUT2D eigenvalue weighted by molar-refractivity contribution is 9.08. The molecule has 0 amide bonds. The molecule has 0 spiro atoms. The lowest BCUT2D eigenvalue weighted by atomic mass is 10.1. The van der Waals surface area contributed by atoms with E-state index in [9.17, 15) is 22.0 Å². The van der Waals surface area contributed by atoms with Gasteiger partial charge in [0.2, 0.25) is 0 Å². The highest BCUT2D eigenvalue weighted by Gasteiger charge is 2.33. The maximum atomic E-state index is 12.8. The molecule has 3 nitrogen and oxygen atoms in total. The van der Waals surface area contributed by atoms with Gasteiger partial charge in [0.25, 0.3) is 6.43 Å². The van der Waals surface area contributed by atoms with Gasteiger partial charge in [0, 0.05) is 17.0 Å². The molecule has 1 rings (SSSR count). The number of halogens is 6. The summed E-state index contributed by atoms with van der Waals surface area (Å²) in [5, 5.41) is 8.49. The molecule has 1 aromatic rings. The van der Waals surface area contributed by atoms with Crippen LogP contribution in [0.3, 0.4) is 0 Å². The highest BCUT2D eigenvalue weighted by Crippen LogP contribution is 2.33. The van der Waals surface area contributed by atoms with E-state index in [-0.39, 0.29) is 11.0 Å². The lowest BCUT2D eigenvalue weighted by Gasteiger charge is -2.15. The zero-order valence-corrected chi connectivity index (χ0v) is 10.7. The van der Waals surface area contributed by atoms with Crippen LogP contribution in [0.2, 0.25) is 0 Å². The van der Waals surface area contributed by atoms with Crippen molar-refractivity contribution < 1.29 is 26.7 Å². The highest BCUT2D eigenvalue weighted by atomic mass is 79.9. The molecule has 0 bridgehead atoms. The van der Waals surface area contributed by atoms with E-state index >= 15 is 0 Å². The standard InChI is InChI=1S/C10H6BrF5N2O/c11-4-5-3-7(19-10(14,15)16)6(1-2-17)8(18-5)9(12)13/h3,9H,1,4H2. The molecule has 0 N–H and O–H groups in total. The maximum absolute atomic E-state index is 12.8. The Hall–Kier alpha value is -1.43. The monoisotopic (exact) mass is 344 g/mol. The zero-order valence-electron chi connectivity index (χ0n) is 9.14. The Kier molecular flexibility index (Phi) is 5.05. The number of alkyl halides is 6. The largest absolute Gasteiger partial charge is 0.573 e. The van der Waals surface area contributed by atoms with Gasteiger partial charge in [-0.15, -0.1) is 13.2 Å². The van der Waals surface area contributed by atoms with Gasteiger partial charge in [0.15, 0.2) is 0 Å². The Balaban J connectivity index is 3.39. The molecule has 0 aromatic carbocycles. The maximum Gasteiger partial charge on any atom is 0.573 e.